The number of nitrogens with zero attached hydrogens (tertiary/aromatic N) is 4. The number of halogens is 1. The Morgan fingerprint density at radius 3 is 2.64 bits per heavy atom. The number of hydrogen-bond donors (Lipinski definition) is 0. The summed E-state index contributed by atoms with van der Waals surface area (Å²) in [5.41, 5.74) is 1.97. The number of carbonyl (C=O) groups is 1. The summed E-state index contributed by atoms with van der Waals surface area (Å²) in [5.74, 6) is -0.00642. The minimum Gasteiger partial charge on any atom is -0.334 e. The molecule has 3 rings (SSSR count). The van der Waals surface area contributed by atoms with E-state index in [9.17, 15) is 4.79 Å². The van der Waals surface area contributed by atoms with Crippen LogP contribution in [0.15, 0.2) is 28.7 Å². The van der Waals surface area contributed by atoms with E-state index in [-0.39, 0.29) is 11.9 Å². The minimum atomic E-state index is -0.00642. The van der Waals surface area contributed by atoms with Gasteiger partial charge in [0, 0.05) is 17.1 Å². The van der Waals surface area contributed by atoms with E-state index in [1.807, 2.05) is 36.1 Å². The lowest BCUT2D eigenvalue weighted by Gasteiger charge is -2.32. The van der Waals surface area contributed by atoms with Crippen molar-refractivity contribution in [1.29, 1.82) is 0 Å². The van der Waals surface area contributed by atoms with Crippen LogP contribution < -0.4 is 0 Å². The van der Waals surface area contributed by atoms with Crippen LogP contribution in [0.5, 0.6) is 0 Å². The summed E-state index contributed by atoms with van der Waals surface area (Å²) in [4.78, 5) is 16.2. The smallest absolute Gasteiger partial charge is 0.276 e. The van der Waals surface area contributed by atoms with Gasteiger partial charge in [-0.1, -0.05) is 15.9 Å². The van der Waals surface area contributed by atoms with E-state index in [4.69, 9.17) is 0 Å². The van der Waals surface area contributed by atoms with Crippen molar-refractivity contribution in [2.75, 3.05) is 6.54 Å². The van der Waals surface area contributed by atoms with Crippen LogP contribution in [-0.2, 0) is 0 Å². The predicted octanol–water partition coefficient (Wildman–Crippen LogP) is 3.35. The number of carbonyl (C=O) groups excluding carboxylic acids is 1. The fourth-order valence-corrected chi connectivity index (χ4v) is 3.07. The molecule has 0 saturated carbocycles. The van der Waals surface area contributed by atoms with Crippen molar-refractivity contribution in [3.8, 4) is 5.69 Å². The van der Waals surface area contributed by atoms with Gasteiger partial charge in [0.25, 0.3) is 5.91 Å². The maximum Gasteiger partial charge on any atom is 0.276 e. The maximum atomic E-state index is 12.7. The highest BCUT2D eigenvalue weighted by Gasteiger charge is 2.27. The molecule has 1 unspecified atom stereocenters. The van der Waals surface area contributed by atoms with Crippen molar-refractivity contribution in [3.05, 3.63) is 40.1 Å². The van der Waals surface area contributed by atoms with Gasteiger partial charge in [-0.3, -0.25) is 4.79 Å². The lowest BCUT2D eigenvalue weighted by Crippen LogP contribution is -2.42. The van der Waals surface area contributed by atoms with Crippen molar-refractivity contribution in [3.63, 3.8) is 0 Å². The molecule has 0 aliphatic carbocycles. The molecule has 0 spiro atoms. The predicted molar refractivity (Wildman–Crippen MR) is 88.1 cm³/mol. The zero-order valence-electron chi connectivity index (χ0n) is 12.8. The zero-order chi connectivity index (χ0) is 15.7. The minimum absolute atomic E-state index is 0.00642. The molecule has 1 saturated heterocycles. The normalized spacial score (nSPS) is 18.5. The van der Waals surface area contributed by atoms with Crippen molar-refractivity contribution in [1.82, 2.24) is 19.9 Å². The summed E-state index contributed by atoms with van der Waals surface area (Å²) in [6.07, 6.45) is 3.32. The maximum absolute atomic E-state index is 12.7. The van der Waals surface area contributed by atoms with Gasteiger partial charge in [-0.15, -0.1) is 5.10 Å². The highest BCUT2D eigenvalue weighted by Crippen LogP contribution is 2.20. The molecule has 1 atom stereocenters. The first-order chi connectivity index (χ1) is 10.6. The molecule has 2 aromatic rings. The second kappa shape index (κ2) is 6.20. The molecule has 1 aliphatic heterocycles. The molecule has 116 valence electrons. The summed E-state index contributed by atoms with van der Waals surface area (Å²) in [7, 11) is 0. The van der Waals surface area contributed by atoms with Gasteiger partial charge in [0.15, 0.2) is 5.69 Å². The second-order valence-electron chi connectivity index (χ2n) is 5.74. The molecule has 5 nitrogen and oxygen atoms in total. The Hall–Kier alpha value is -1.69. The molecule has 2 heterocycles. The molecule has 6 heteroatoms. The van der Waals surface area contributed by atoms with E-state index in [1.54, 1.807) is 0 Å². The highest BCUT2D eigenvalue weighted by atomic mass is 79.9. The Bertz CT molecular complexity index is 680. The zero-order valence-corrected chi connectivity index (χ0v) is 14.4. The van der Waals surface area contributed by atoms with Crippen LogP contribution in [0.4, 0.5) is 0 Å². The van der Waals surface area contributed by atoms with Crippen LogP contribution >= 0.6 is 15.9 Å². The van der Waals surface area contributed by atoms with E-state index < -0.39 is 0 Å². The van der Waals surface area contributed by atoms with Gasteiger partial charge < -0.3 is 4.90 Å². The third-order valence-corrected chi connectivity index (χ3v) is 4.63. The van der Waals surface area contributed by atoms with E-state index in [0.29, 0.717) is 11.4 Å². The quantitative estimate of drug-likeness (QED) is 0.822. The van der Waals surface area contributed by atoms with Crippen LogP contribution in [-0.4, -0.2) is 38.4 Å². The Morgan fingerprint density at radius 2 is 1.95 bits per heavy atom. The molecule has 1 aliphatic rings. The topological polar surface area (TPSA) is 51.0 Å². The fourth-order valence-electron chi connectivity index (χ4n) is 2.80. The average Bonchev–Trinajstić information content (AvgIpc) is 2.90. The van der Waals surface area contributed by atoms with Gasteiger partial charge in [-0.25, -0.2) is 0 Å². The van der Waals surface area contributed by atoms with Crippen molar-refractivity contribution in [2.24, 2.45) is 0 Å². The van der Waals surface area contributed by atoms with Gasteiger partial charge in [-0.2, -0.15) is 9.90 Å². The second-order valence-corrected chi connectivity index (χ2v) is 6.66. The molecular weight excluding hydrogens is 344 g/mol. The van der Waals surface area contributed by atoms with Crippen molar-refractivity contribution < 1.29 is 4.79 Å². The summed E-state index contributed by atoms with van der Waals surface area (Å²) in [6, 6.07) is 7.98. The summed E-state index contributed by atoms with van der Waals surface area (Å²) < 4.78 is 0.999. The lowest BCUT2D eigenvalue weighted by molar-refractivity contribution is 0.0628. The Labute approximate surface area is 138 Å². The number of rotatable bonds is 2. The van der Waals surface area contributed by atoms with Crippen molar-refractivity contribution in [2.45, 2.75) is 39.2 Å². The van der Waals surface area contributed by atoms with Gasteiger partial charge in [0.2, 0.25) is 0 Å². The fraction of sp³-hybridized carbons (Fsp3) is 0.438. The molecule has 0 radical (unpaired) electrons. The van der Waals surface area contributed by atoms with Gasteiger partial charge in [0.1, 0.15) is 0 Å². The van der Waals surface area contributed by atoms with E-state index in [2.05, 4.69) is 33.1 Å². The standard InChI is InChI=1S/C16H19BrN4O/c1-11-5-3-4-10-20(11)16(22)15-12(2)18-21(19-15)14-8-6-13(17)7-9-14/h6-9,11H,3-5,10H2,1-2H3. The molecule has 1 fully saturated rings. The SMILES string of the molecule is Cc1nn(-c2ccc(Br)cc2)nc1C(=O)N1CCCCC1C. The summed E-state index contributed by atoms with van der Waals surface area (Å²) in [5, 5.41) is 8.81. The molecule has 22 heavy (non-hydrogen) atoms. The number of piperidine rings is 1. The number of hydrogen-bond acceptors (Lipinski definition) is 3. The molecule has 1 aromatic heterocycles. The van der Waals surface area contributed by atoms with Crippen LogP contribution in [0.3, 0.4) is 0 Å². The number of benzene rings is 1. The Morgan fingerprint density at radius 1 is 1.23 bits per heavy atom. The number of likely N-dealkylation sites (tertiary alicyclic amines) is 1. The molecule has 1 aromatic carbocycles. The number of amides is 1. The van der Waals surface area contributed by atoms with E-state index in [1.165, 1.54) is 11.2 Å². The number of aromatic nitrogens is 3. The molecule has 0 N–H and O–H groups in total. The van der Waals surface area contributed by atoms with Crippen LogP contribution in [0.25, 0.3) is 5.69 Å². The first kappa shape index (κ1) is 15.2. The van der Waals surface area contributed by atoms with Gasteiger partial charge in [-0.05, 0) is 57.4 Å². The molecular formula is C16H19BrN4O. The van der Waals surface area contributed by atoms with Gasteiger partial charge in [0.05, 0.1) is 11.4 Å². The van der Waals surface area contributed by atoms with Crippen LogP contribution in [0.2, 0.25) is 0 Å². The van der Waals surface area contributed by atoms with Crippen LogP contribution in [0.1, 0.15) is 42.4 Å². The largest absolute Gasteiger partial charge is 0.334 e. The lowest BCUT2D eigenvalue weighted by atomic mass is 10.0. The first-order valence-electron chi connectivity index (χ1n) is 7.57. The van der Waals surface area contributed by atoms with Crippen molar-refractivity contribution >= 4 is 21.8 Å². The Balaban J connectivity index is 1.88. The van der Waals surface area contributed by atoms with E-state index >= 15 is 0 Å². The monoisotopic (exact) mass is 362 g/mol. The highest BCUT2D eigenvalue weighted by molar-refractivity contribution is 9.10. The first-order valence-corrected chi connectivity index (χ1v) is 8.36. The van der Waals surface area contributed by atoms with Crippen LogP contribution in [0, 0.1) is 6.92 Å². The molecule has 0 bridgehead atoms. The van der Waals surface area contributed by atoms with Gasteiger partial charge >= 0.3 is 0 Å². The number of aryl methyl sites for hydroxylation is 1. The average molecular weight is 363 g/mol. The Kier molecular flexibility index (Phi) is 4.29. The third-order valence-electron chi connectivity index (χ3n) is 4.11. The van der Waals surface area contributed by atoms with E-state index in [0.717, 1.165) is 29.5 Å². The summed E-state index contributed by atoms with van der Waals surface area (Å²) >= 11 is 3.41. The summed E-state index contributed by atoms with van der Waals surface area (Å²) in [6.45, 7) is 4.75. The molecule has 1 amide bonds. The third kappa shape index (κ3) is 2.92.